The summed E-state index contributed by atoms with van der Waals surface area (Å²) in [6.07, 6.45) is -0.181. The van der Waals surface area contributed by atoms with Crippen LogP contribution in [0.2, 0.25) is 0 Å². The molecule has 13 nitrogen and oxygen atoms in total. The number of azo groups is 2. The third-order valence-electron chi connectivity index (χ3n) is 4.71. The van der Waals surface area contributed by atoms with Gasteiger partial charge in [0.05, 0.1) is 11.0 Å². The first kappa shape index (κ1) is 27.6. The van der Waals surface area contributed by atoms with Crippen LogP contribution in [0.5, 0.6) is 11.8 Å². The van der Waals surface area contributed by atoms with E-state index in [2.05, 4.69) is 62.3 Å². The van der Waals surface area contributed by atoms with Crippen LogP contribution in [0.1, 0.15) is 19.8 Å². The molecule has 0 unspecified atom stereocenters. The Bertz CT molecular complexity index is 1540. The van der Waals surface area contributed by atoms with E-state index in [9.17, 15) is 24.6 Å². The van der Waals surface area contributed by atoms with Gasteiger partial charge in [-0.25, -0.2) is 5.84 Å². The maximum absolute atomic E-state index is 11.5. The maximum atomic E-state index is 11.5. The number of H-pyrrole nitrogens is 2. The molecular formula is C22H20Br2N8O5. The molecule has 0 fully saturated rings. The molecule has 2 heterocycles. The molecule has 2 aromatic heterocycles. The molecule has 0 saturated carbocycles. The Morgan fingerprint density at radius 2 is 1.35 bits per heavy atom. The SMILES string of the molecule is CC(=O)N=Nc1c(O)[nH]c2ccc(Br)cc12.NNC(=O)CCC(=O)N=Nc1c(O)[nH]c2ccc(Br)cc12. The summed E-state index contributed by atoms with van der Waals surface area (Å²) in [4.78, 5) is 38.6. The molecule has 0 atom stereocenters. The highest BCUT2D eigenvalue weighted by Gasteiger charge is 2.12. The van der Waals surface area contributed by atoms with Crippen molar-refractivity contribution in [2.45, 2.75) is 19.8 Å². The standard InChI is InChI=1S/C12H12BrN5O3.C10H8BrN3O2/c13-6-1-2-8-7(5-6)11(12(21)15-8)18-17-10(20)4-3-9(19)16-14;1-5(15)13-14-9-7-4-6(11)2-3-8(7)12-10(9)16/h1-2,5,15,21H,3-4,14H2,(H,16,19);2-4,12,16H,1H3. The van der Waals surface area contributed by atoms with Crippen molar-refractivity contribution in [3.63, 3.8) is 0 Å². The highest BCUT2D eigenvalue weighted by Crippen LogP contribution is 2.37. The number of nitrogens with one attached hydrogen (secondary N) is 3. The van der Waals surface area contributed by atoms with Crippen molar-refractivity contribution in [1.29, 1.82) is 0 Å². The number of aromatic amines is 2. The number of aromatic hydroxyl groups is 2. The van der Waals surface area contributed by atoms with E-state index in [1.165, 1.54) is 6.92 Å². The first-order chi connectivity index (χ1) is 17.6. The minimum absolute atomic E-state index is 0.0697. The van der Waals surface area contributed by atoms with Crippen molar-refractivity contribution in [3.8, 4) is 11.8 Å². The molecule has 7 N–H and O–H groups in total. The van der Waals surface area contributed by atoms with E-state index in [1.807, 2.05) is 11.5 Å². The molecule has 0 radical (unpaired) electrons. The molecule has 0 bridgehead atoms. The Morgan fingerprint density at radius 3 is 1.81 bits per heavy atom. The average Bonchev–Trinajstić information content (AvgIpc) is 3.34. The van der Waals surface area contributed by atoms with E-state index in [4.69, 9.17) is 5.84 Å². The highest BCUT2D eigenvalue weighted by atomic mass is 79.9. The van der Waals surface area contributed by atoms with Crippen LogP contribution in [0.3, 0.4) is 0 Å². The Labute approximate surface area is 225 Å². The topological polar surface area (TPSA) is 211 Å². The van der Waals surface area contributed by atoms with Crippen LogP contribution in [-0.2, 0) is 14.4 Å². The Hall–Kier alpha value is -3.95. The number of fused-ring (bicyclic) bond motifs is 2. The fraction of sp³-hybridized carbons (Fsp3) is 0.136. The summed E-state index contributed by atoms with van der Waals surface area (Å²) in [6.45, 7) is 1.30. The number of nitrogens with two attached hydrogens (primary N) is 1. The molecule has 0 spiro atoms. The predicted molar refractivity (Wildman–Crippen MR) is 142 cm³/mol. The number of carbonyl (C=O) groups is 3. The summed E-state index contributed by atoms with van der Waals surface area (Å²) < 4.78 is 1.66. The van der Waals surface area contributed by atoms with Crippen LogP contribution in [0.15, 0.2) is 65.8 Å². The zero-order chi connectivity index (χ0) is 27.1. The molecule has 0 aliphatic carbocycles. The average molecular weight is 636 g/mol. The van der Waals surface area contributed by atoms with Crippen LogP contribution in [-0.4, -0.2) is 37.9 Å². The van der Waals surface area contributed by atoms with Crippen LogP contribution >= 0.6 is 31.9 Å². The zero-order valence-corrected chi connectivity index (χ0v) is 22.3. The number of halogens is 2. The first-order valence-electron chi connectivity index (χ1n) is 10.5. The number of hydrogen-bond acceptors (Lipinski definition) is 8. The Balaban J connectivity index is 0.000000213. The zero-order valence-electron chi connectivity index (χ0n) is 19.1. The molecular weight excluding hydrogens is 616 g/mol. The molecule has 37 heavy (non-hydrogen) atoms. The number of benzene rings is 2. The van der Waals surface area contributed by atoms with Gasteiger partial charge in [0.25, 0.3) is 11.8 Å². The Morgan fingerprint density at radius 1 is 0.865 bits per heavy atom. The van der Waals surface area contributed by atoms with Gasteiger partial charge in [0, 0.05) is 39.5 Å². The molecule has 0 aliphatic heterocycles. The number of hydrogen-bond donors (Lipinski definition) is 6. The van der Waals surface area contributed by atoms with Gasteiger partial charge in [0.2, 0.25) is 17.7 Å². The van der Waals surface area contributed by atoms with Gasteiger partial charge in [-0.05, 0) is 36.4 Å². The van der Waals surface area contributed by atoms with Gasteiger partial charge in [-0.2, -0.15) is 0 Å². The largest absolute Gasteiger partial charge is 0.493 e. The smallest absolute Gasteiger partial charge is 0.265 e. The Kier molecular flexibility index (Phi) is 9.21. The summed E-state index contributed by atoms with van der Waals surface area (Å²) in [6, 6.07) is 10.7. The van der Waals surface area contributed by atoms with Gasteiger partial charge in [0.1, 0.15) is 0 Å². The second-order valence-electron chi connectivity index (χ2n) is 7.40. The fourth-order valence-corrected chi connectivity index (χ4v) is 3.76. The number of hydrazine groups is 1. The van der Waals surface area contributed by atoms with Crippen LogP contribution in [0, 0.1) is 0 Å². The maximum Gasteiger partial charge on any atom is 0.265 e. The summed E-state index contributed by atoms with van der Waals surface area (Å²) in [7, 11) is 0. The second kappa shape index (κ2) is 12.3. The number of carbonyl (C=O) groups excluding carboxylic acids is 3. The van der Waals surface area contributed by atoms with Crippen molar-refractivity contribution in [2.75, 3.05) is 0 Å². The van der Waals surface area contributed by atoms with Gasteiger partial charge in [-0.15, -0.1) is 20.5 Å². The molecule has 2 aromatic carbocycles. The molecule has 3 amide bonds. The minimum atomic E-state index is -0.581. The monoisotopic (exact) mass is 634 g/mol. The lowest BCUT2D eigenvalue weighted by Crippen LogP contribution is -2.30. The van der Waals surface area contributed by atoms with Crippen LogP contribution in [0.4, 0.5) is 11.4 Å². The van der Waals surface area contributed by atoms with E-state index in [1.54, 1.807) is 30.3 Å². The van der Waals surface area contributed by atoms with Crippen molar-refractivity contribution in [1.82, 2.24) is 15.4 Å². The van der Waals surface area contributed by atoms with E-state index in [0.717, 1.165) is 14.5 Å². The van der Waals surface area contributed by atoms with Gasteiger partial charge < -0.3 is 20.2 Å². The molecule has 15 heteroatoms. The molecule has 0 aliphatic rings. The fourth-order valence-electron chi connectivity index (χ4n) is 3.04. The minimum Gasteiger partial charge on any atom is -0.493 e. The van der Waals surface area contributed by atoms with Crippen molar-refractivity contribution < 1.29 is 24.6 Å². The van der Waals surface area contributed by atoms with Crippen molar-refractivity contribution in [2.24, 2.45) is 26.3 Å². The lowest BCUT2D eigenvalue weighted by atomic mass is 10.2. The van der Waals surface area contributed by atoms with Crippen molar-refractivity contribution >= 4 is 82.8 Å². The third-order valence-corrected chi connectivity index (χ3v) is 5.69. The predicted octanol–water partition coefficient (Wildman–Crippen LogP) is 5.28. The summed E-state index contributed by atoms with van der Waals surface area (Å²) in [5.74, 6) is 3.16. The summed E-state index contributed by atoms with van der Waals surface area (Å²) in [5, 5.41) is 35.0. The molecule has 0 saturated heterocycles. The first-order valence-corrected chi connectivity index (χ1v) is 12.0. The van der Waals surface area contributed by atoms with E-state index in [-0.39, 0.29) is 36.0 Å². The van der Waals surface area contributed by atoms with Gasteiger partial charge in [-0.3, -0.25) is 19.8 Å². The normalized spacial score (nSPS) is 11.2. The number of nitrogens with zero attached hydrogens (tertiary/aromatic N) is 4. The van der Waals surface area contributed by atoms with Crippen LogP contribution in [0.25, 0.3) is 21.8 Å². The molecule has 4 aromatic rings. The van der Waals surface area contributed by atoms with E-state index in [0.29, 0.717) is 16.3 Å². The van der Waals surface area contributed by atoms with Gasteiger partial charge >= 0.3 is 0 Å². The third kappa shape index (κ3) is 7.28. The molecule has 4 rings (SSSR count). The van der Waals surface area contributed by atoms with E-state index < -0.39 is 17.7 Å². The lowest BCUT2D eigenvalue weighted by molar-refractivity contribution is -0.125. The number of aromatic nitrogens is 2. The van der Waals surface area contributed by atoms with Gasteiger partial charge in [0.15, 0.2) is 11.4 Å². The van der Waals surface area contributed by atoms with Crippen molar-refractivity contribution in [3.05, 3.63) is 45.3 Å². The lowest BCUT2D eigenvalue weighted by Gasteiger charge is -1.95. The number of amides is 3. The summed E-state index contributed by atoms with van der Waals surface area (Å²) in [5.41, 5.74) is 3.76. The van der Waals surface area contributed by atoms with Crippen LogP contribution < -0.4 is 11.3 Å². The molecule has 192 valence electrons. The van der Waals surface area contributed by atoms with Gasteiger partial charge in [-0.1, -0.05) is 31.9 Å². The summed E-state index contributed by atoms with van der Waals surface area (Å²) >= 11 is 6.63. The second-order valence-corrected chi connectivity index (χ2v) is 9.24. The highest BCUT2D eigenvalue weighted by molar-refractivity contribution is 9.10. The van der Waals surface area contributed by atoms with E-state index >= 15 is 0 Å². The quantitative estimate of drug-likeness (QED) is 0.0742. The number of rotatable bonds is 5.